The van der Waals surface area contributed by atoms with Crippen LogP contribution in [-0.4, -0.2) is 6.54 Å². The Bertz CT molecular complexity index is 431. The smallest absolute Gasteiger partial charge is 0.0374 e. The van der Waals surface area contributed by atoms with Gasteiger partial charge < -0.3 is 5.32 Å². The SMILES string of the molecule is CCC(C)(C)CNC1c2ccccc2CCC1(C)C. The van der Waals surface area contributed by atoms with Crippen molar-refractivity contribution in [3.8, 4) is 0 Å². The van der Waals surface area contributed by atoms with Gasteiger partial charge in [0, 0.05) is 12.6 Å². The highest BCUT2D eigenvalue weighted by Crippen LogP contribution is 2.43. The molecule has 0 aliphatic heterocycles. The summed E-state index contributed by atoms with van der Waals surface area (Å²) in [7, 11) is 0. The van der Waals surface area contributed by atoms with Gasteiger partial charge in [0.05, 0.1) is 0 Å². The lowest BCUT2D eigenvalue weighted by Gasteiger charge is -2.42. The third-order valence-corrected chi connectivity index (χ3v) is 4.93. The van der Waals surface area contributed by atoms with Gasteiger partial charge in [0.15, 0.2) is 0 Å². The van der Waals surface area contributed by atoms with Crippen molar-refractivity contribution in [3.05, 3.63) is 35.4 Å². The third kappa shape index (κ3) is 3.20. The quantitative estimate of drug-likeness (QED) is 0.824. The lowest BCUT2D eigenvalue weighted by molar-refractivity contribution is 0.185. The summed E-state index contributed by atoms with van der Waals surface area (Å²) in [6, 6.07) is 9.45. The summed E-state index contributed by atoms with van der Waals surface area (Å²) in [6.07, 6.45) is 3.71. The predicted molar refractivity (Wildman–Crippen MR) is 83.4 cm³/mol. The van der Waals surface area contributed by atoms with E-state index >= 15 is 0 Å². The van der Waals surface area contributed by atoms with Gasteiger partial charge in [-0.15, -0.1) is 0 Å². The molecule has 0 heterocycles. The van der Waals surface area contributed by atoms with Crippen LogP contribution >= 0.6 is 0 Å². The molecule has 0 amide bonds. The summed E-state index contributed by atoms with van der Waals surface area (Å²) in [5, 5.41) is 3.86. The van der Waals surface area contributed by atoms with E-state index in [0.717, 1.165) is 6.54 Å². The molecule has 106 valence electrons. The van der Waals surface area contributed by atoms with Crippen molar-refractivity contribution in [2.24, 2.45) is 10.8 Å². The fraction of sp³-hybridized carbons (Fsp3) is 0.667. The molecule has 1 atom stereocenters. The average Bonchev–Trinajstić information content (AvgIpc) is 2.37. The standard InChI is InChI=1S/C18H29N/c1-6-17(2,3)13-19-16-15-10-8-7-9-14(15)11-12-18(16,4)5/h7-10,16,19H,6,11-13H2,1-5H3. The Morgan fingerprint density at radius 3 is 2.63 bits per heavy atom. The number of hydrogen-bond acceptors (Lipinski definition) is 1. The maximum Gasteiger partial charge on any atom is 0.0374 e. The second kappa shape index (κ2) is 5.28. The van der Waals surface area contributed by atoms with Crippen LogP contribution in [0.4, 0.5) is 0 Å². The van der Waals surface area contributed by atoms with Crippen LogP contribution in [0.5, 0.6) is 0 Å². The van der Waals surface area contributed by atoms with Crippen LogP contribution in [0.3, 0.4) is 0 Å². The highest BCUT2D eigenvalue weighted by molar-refractivity contribution is 5.34. The molecule has 1 heteroatoms. The van der Waals surface area contributed by atoms with Gasteiger partial charge in [0.2, 0.25) is 0 Å². The molecule has 1 aliphatic carbocycles. The minimum atomic E-state index is 0.345. The molecular formula is C18H29N. The van der Waals surface area contributed by atoms with E-state index in [1.54, 1.807) is 0 Å². The summed E-state index contributed by atoms with van der Waals surface area (Å²) >= 11 is 0. The average molecular weight is 259 g/mol. The molecule has 1 unspecified atom stereocenters. The van der Waals surface area contributed by atoms with E-state index < -0.39 is 0 Å². The Balaban J connectivity index is 2.21. The summed E-state index contributed by atoms with van der Waals surface area (Å²) in [4.78, 5) is 0. The van der Waals surface area contributed by atoms with Gasteiger partial charge in [-0.05, 0) is 41.2 Å². The molecule has 0 saturated carbocycles. The first-order valence-corrected chi connectivity index (χ1v) is 7.67. The van der Waals surface area contributed by atoms with Crippen LogP contribution in [0.1, 0.15) is 64.6 Å². The lowest BCUT2D eigenvalue weighted by atomic mass is 9.70. The van der Waals surface area contributed by atoms with Crippen molar-refractivity contribution in [2.45, 2.75) is 59.9 Å². The minimum absolute atomic E-state index is 0.345. The molecule has 0 radical (unpaired) electrons. The van der Waals surface area contributed by atoms with Crippen molar-refractivity contribution in [3.63, 3.8) is 0 Å². The van der Waals surface area contributed by atoms with Gasteiger partial charge >= 0.3 is 0 Å². The Labute approximate surface area is 118 Å². The van der Waals surface area contributed by atoms with Gasteiger partial charge in [0.25, 0.3) is 0 Å². The lowest BCUT2D eigenvalue weighted by Crippen LogP contribution is -2.41. The Morgan fingerprint density at radius 1 is 1.26 bits per heavy atom. The van der Waals surface area contributed by atoms with Crippen molar-refractivity contribution in [1.82, 2.24) is 5.32 Å². The van der Waals surface area contributed by atoms with Crippen molar-refractivity contribution >= 4 is 0 Å². The molecule has 2 rings (SSSR count). The number of nitrogens with one attached hydrogen (secondary N) is 1. The van der Waals surface area contributed by atoms with Crippen molar-refractivity contribution < 1.29 is 0 Å². The maximum absolute atomic E-state index is 3.86. The predicted octanol–water partition coefficient (Wildman–Crippen LogP) is 4.73. The van der Waals surface area contributed by atoms with Gasteiger partial charge in [-0.1, -0.05) is 58.9 Å². The first-order valence-electron chi connectivity index (χ1n) is 7.67. The van der Waals surface area contributed by atoms with E-state index in [1.807, 2.05) is 0 Å². The van der Waals surface area contributed by atoms with Crippen molar-refractivity contribution in [2.75, 3.05) is 6.54 Å². The maximum atomic E-state index is 3.86. The molecule has 0 saturated heterocycles. The zero-order valence-corrected chi connectivity index (χ0v) is 13.2. The summed E-state index contributed by atoms with van der Waals surface area (Å²) in [5.41, 5.74) is 3.78. The molecule has 1 aromatic rings. The number of aryl methyl sites for hydroxylation is 1. The van der Waals surface area contributed by atoms with Gasteiger partial charge in [-0.3, -0.25) is 0 Å². The Kier molecular flexibility index (Phi) is 4.06. The van der Waals surface area contributed by atoms with E-state index in [4.69, 9.17) is 0 Å². The van der Waals surface area contributed by atoms with E-state index in [0.29, 0.717) is 16.9 Å². The van der Waals surface area contributed by atoms with Crippen LogP contribution in [0.15, 0.2) is 24.3 Å². The summed E-state index contributed by atoms with van der Waals surface area (Å²) in [6.45, 7) is 12.9. The molecule has 1 aliphatic rings. The van der Waals surface area contributed by atoms with E-state index in [9.17, 15) is 0 Å². The number of rotatable bonds is 4. The van der Waals surface area contributed by atoms with Crippen LogP contribution in [0.25, 0.3) is 0 Å². The first kappa shape index (κ1) is 14.6. The van der Waals surface area contributed by atoms with Gasteiger partial charge in [-0.25, -0.2) is 0 Å². The molecule has 1 N–H and O–H groups in total. The zero-order chi connectivity index (χ0) is 14.1. The molecule has 0 bridgehead atoms. The normalized spacial score (nSPS) is 22.1. The van der Waals surface area contributed by atoms with Crippen molar-refractivity contribution in [1.29, 1.82) is 0 Å². The molecular weight excluding hydrogens is 230 g/mol. The molecule has 1 aromatic carbocycles. The second-order valence-corrected chi connectivity index (χ2v) is 7.52. The molecule has 19 heavy (non-hydrogen) atoms. The Morgan fingerprint density at radius 2 is 1.95 bits per heavy atom. The number of benzene rings is 1. The molecule has 0 spiro atoms. The van der Waals surface area contributed by atoms with Crippen LogP contribution in [0.2, 0.25) is 0 Å². The highest BCUT2D eigenvalue weighted by atomic mass is 14.9. The zero-order valence-electron chi connectivity index (χ0n) is 13.2. The fourth-order valence-electron chi connectivity index (χ4n) is 2.96. The largest absolute Gasteiger partial charge is 0.309 e. The van der Waals surface area contributed by atoms with E-state index in [2.05, 4.69) is 64.2 Å². The topological polar surface area (TPSA) is 12.0 Å². The molecule has 1 nitrogen and oxygen atoms in total. The number of fused-ring (bicyclic) bond motifs is 1. The van der Waals surface area contributed by atoms with Gasteiger partial charge in [-0.2, -0.15) is 0 Å². The fourth-order valence-corrected chi connectivity index (χ4v) is 2.96. The Hall–Kier alpha value is -0.820. The first-order chi connectivity index (χ1) is 8.86. The van der Waals surface area contributed by atoms with E-state index in [-0.39, 0.29) is 0 Å². The highest BCUT2D eigenvalue weighted by Gasteiger charge is 2.36. The minimum Gasteiger partial charge on any atom is -0.309 e. The van der Waals surface area contributed by atoms with Crippen LogP contribution < -0.4 is 5.32 Å². The van der Waals surface area contributed by atoms with Gasteiger partial charge in [0.1, 0.15) is 0 Å². The summed E-state index contributed by atoms with van der Waals surface area (Å²) < 4.78 is 0. The molecule has 0 aromatic heterocycles. The third-order valence-electron chi connectivity index (χ3n) is 4.93. The monoisotopic (exact) mass is 259 g/mol. The van der Waals surface area contributed by atoms with E-state index in [1.165, 1.54) is 30.4 Å². The van der Waals surface area contributed by atoms with Crippen LogP contribution in [-0.2, 0) is 6.42 Å². The number of hydrogen-bond donors (Lipinski definition) is 1. The second-order valence-electron chi connectivity index (χ2n) is 7.52. The molecule has 0 fully saturated rings. The summed E-state index contributed by atoms with van der Waals surface area (Å²) in [5.74, 6) is 0. The van der Waals surface area contributed by atoms with Crippen LogP contribution in [0, 0.1) is 10.8 Å².